The van der Waals surface area contributed by atoms with Crippen LogP contribution in [0.2, 0.25) is 5.02 Å². The average molecular weight is 506 g/mol. The Morgan fingerprint density at radius 2 is 1.61 bits per heavy atom. The van der Waals surface area contributed by atoms with Crippen LogP contribution in [0.15, 0.2) is 42.5 Å². The van der Waals surface area contributed by atoms with E-state index in [1.807, 2.05) is 38.1 Å². The zero-order chi connectivity index (χ0) is 25.0. The summed E-state index contributed by atoms with van der Waals surface area (Å²) in [7, 11) is -4.08. The monoisotopic (exact) mass is 505 g/mol. The predicted octanol–water partition coefficient (Wildman–Crippen LogP) is 4.68. The molecular weight excluding hydrogens is 479 g/mol. The van der Waals surface area contributed by atoms with Gasteiger partial charge in [-0.3, -0.25) is 9.10 Å². The van der Waals surface area contributed by atoms with Crippen molar-refractivity contribution >= 4 is 38.9 Å². The summed E-state index contributed by atoms with van der Waals surface area (Å²) in [5, 5.41) is 2.08. The van der Waals surface area contributed by atoms with Gasteiger partial charge in [0.05, 0.1) is 22.5 Å². The van der Waals surface area contributed by atoms with Gasteiger partial charge >= 0.3 is 6.18 Å². The lowest BCUT2D eigenvalue weighted by molar-refractivity contribution is -0.137. The maximum atomic E-state index is 13.2. The van der Waals surface area contributed by atoms with Gasteiger partial charge in [0, 0.05) is 25.3 Å². The second kappa shape index (κ2) is 10.6. The molecule has 2 rings (SSSR count). The molecule has 0 bridgehead atoms. The van der Waals surface area contributed by atoms with E-state index < -0.39 is 38.7 Å². The molecule has 0 saturated heterocycles. The third kappa shape index (κ3) is 6.77. The number of anilines is 2. The molecule has 0 heterocycles. The number of benzene rings is 2. The third-order valence-electron chi connectivity index (χ3n) is 5.13. The summed E-state index contributed by atoms with van der Waals surface area (Å²) in [4.78, 5) is 14.9. The lowest BCUT2D eigenvalue weighted by Crippen LogP contribution is -2.47. The van der Waals surface area contributed by atoms with Crippen molar-refractivity contribution in [1.82, 2.24) is 5.32 Å². The number of nitrogens with zero attached hydrogens (tertiary/aromatic N) is 2. The topological polar surface area (TPSA) is 69.7 Å². The first-order valence-electron chi connectivity index (χ1n) is 10.3. The smallest absolute Gasteiger partial charge is 0.372 e. The Hall–Kier alpha value is -2.46. The maximum absolute atomic E-state index is 13.2. The molecule has 11 heteroatoms. The number of carbonyl (C=O) groups is 1. The molecule has 2 aromatic carbocycles. The van der Waals surface area contributed by atoms with E-state index in [0.717, 1.165) is 42.7 Å². The maximum Gasteiger partial charge on any atom is 0.417 e. The normalized spacial score (nSPS) is 12.8. The van der Waals surface area contributed by atoms with Gasteiger partial charge in [0.15, 0.2) is 0 Å². The van der Waals surface area contributed by atoms with Gasteiger partial charge in [-0.1, -0.05) is 23.7 Å². The second-order valence-corrected chi connectivity index (χ2v) is 9.72. The van der Waals surface area contributed by atoms with Gasteiger partial charge < -0.3 is 10.2 Å². The van der Waals surface area contributed by atoms with Gasteiger partial charge in [-0.2, -0.15) is 13.2 Å². The van der Waals surface area contributed by atoms with E-state index in [9.17, 15) is 26.4 Å². The molecule has 6 nitrogen and oxygen atoms in total. The van der Waals surface area contributed by atoms with Crippen LogP contribution in [0.5, 0.6) is 0 Å². The zero-order valence-electron chi connectivity index (χ0n) is 18.8. The fraction of sp³-hybridized carbons (Fsp3) is 0.409. The molecule has 182 valence electrons. The number of amides is 1. The third-order valence-corrected chi connectivity index (χ3v) is 6.70. The SMILES string of the molecule is CCN(CC)c1ccc(CNC(=O)C(C)N(c2ccc(Cl)c(C(F)(F)F)c2)S(C)(=O)=O)cc1. The van der Waals surface area contributed by atoms with Crippen LogP contribution in [0.3, 0.4) is 0 Å². The van der Waals surface area contributed by atoms with Gasteiger partial charge in [-0.15, -0.1) is 0 Å². The lowest BCUT2D eigenvalue weighted by Gasteiger charge is -2.29. The number of carbonyl (C=O) groups excluding carboxylic acids is 1. The van der Waals surface area contributed by atoms with Crippen molar-refractivity contribution in [2.24, 2.45) is 0 Å². The highest BCUT2D eigenvalue weighted by Crippen LogP contribution is 2.37. The van der Waals surface area contributed by atoms with E-state index in [0.29, 0.717) is 10.4 Å². The van der Waals surface area contributed by atoms with Gasteiger partial charge in [0.25, 0.3) is 0 Å². The molecule has 0 aromatic heterocycles. The molecule has 0 fully saturated rings. The molecule has 0 aliphatic rings. The summed E-state index contributed by atoms with van der Waals surface area (Å²) < 4.78 is 65.2. The molecule has 1 atom stereocenters. The molecule has 0 aliphatic heterocycles. The molecule has 33 heavy (non-hydrogen) atoms. The summed E-state index contributed by atoms with van der Waals surface area (Å²) in [5.41, 5.74) is 0.342. The summed E-state index contributed by atoms with van der Waals surface area (Å²) in [6.45, 7) is 7.24. The number of alkyl halides is 3. The van der Waals surface area contributed by atoms with Crippen LogP contribution in [0, 0.1) is 0 Å². The quantitative estimate of drug-likeness (QED) is 0.537. The second-order valence-electron chi connectivity index (χ2n) is 7.45. The van der Waals surface area contributed by atoms with Crippen molar-refractivity contribution in [1.29, 1.82) is 0 Å². The molecular formula is C22H27ClF3N3O3S. The molecule has 2 aromatic rings. The van der Waals surface area contributed by atoms with Gasteiger partial charge in [-0.25, -0.2) is 8.42 Å². The van der Waals surface area contributed by atoms with Gasteiger partial charge in [-0.05, 0) is 56.7 Å². The first-order valence-corrected chi connectivity index (χ1v) is 12.5. The number of hydrogen-bond donors (Lipinski definition) is 1. The van der Waals surface area contributed by atoms with Crippen LogP contribution in [0.25, 0.3) is 0 Å². The standard InChI is InChI=1S/C22H27ClF3N3O3S/c1-5-28(6-2)17-9-7-16(8-10-17)14-27-21(30)15(3)29(33(4,31)32)18-11-12-20(23)19(13-18)22(24,25)26/h7-13,15H,5-6,14H2,1-4H3,(H,27,30). The van der Waals surface area contributed by atoms with Crippen molar-refractivity contribution in [3.8, 4) is 0 Å². The van der Waals surface area contributed by atoms with Crippen LogP contribution in [-0.2, 0) is 27.5 Å². The molecule has 1 N–H and O–H groups in total. The molecule has 1 amide bonds. The minimum absolute atomic E-state index is 0.133. The summed E-state index contributed by atoms with van der Waals surface area (Å²) in [5.74, 6) is -0.656. The largest absolute Gasteiger partial charge is 0.417 e. The number of nitrogens with one attached hydrogen (secondary N) is 1. The Kier molecular flexibility index (Phi) is 8.64. The highest BCUT2D eigenvalue weighted by atomic mass is 35.5. The summed E-state index contributed by atoms with van der Waals surface area (Å²) >= 11 is 5.64. The van der Waals surface area contributed by atoms with Crippen molar-refractivity contribution in [3.05, 3.63) is 58.6 Å². The van der Waals surface area contributed by atoms with E-state index >= 15 is 0 Å². The van der Waals surface area contributed by atoms with Crippen LogP contribution in [0.4, 0.5) is 24.5 Å². The highest BCUT2D eigenvalue weighted by molar-refractivity contribution is 7.92. The Morgan fingerprint density at radius 1 is 1.06 bits per heavy atom. The number of rotatable bonds is 9. The fourth-order valence-corrected chi connectivity index (χ4v) is 4.82. The lowest BCUT2D eigenvalue weighted by atomic mass is 10.1. The highest BCUT2D eigenvalue weighted by Gasteiger charge is 2.36. The summed E-state index contributed by atoms with van der Waals surface area (Å²) in [6.07, 6.45) is -3.95. The van der Waals surface area contributed by atoms with Gasteiger partial charge in [0.1, 0.15) is 6.04 Å². The molecule has 0 aliphatic carbocycles. The Bertz CT molecular complexity index is 1070. The van der Waals surface area contributed by atoms with Crippen molar-refractivity contribution < 1.29 is 26.4 Å². The van der Waals surface area contributed by atoms with Gasteiger partial charge in [0.2, 0.25) is 15.9 Å². The van der Waals surface area contributed by atoms with Crippen molar-refractivity contribution in [3.63, 3.8) is 0 Å². The Labute approximate surface area is 197 Å². The Balaban J connectivity index is 2.22. The van der Waals surface area contributed by atoms with Crippen LogP contribution < -0.4 is 14.5 Å². The fourth-order valence-electron chi connectivity index (χ4n) is 3.43. The molecule has 0 saturated carbocycles. The van der Waals surface area contributed by atoms with Crippen LogP contribution in [0.1, 0.15) is 31.9 Å². The van der Waals surface area contributed by atoms with E-state index in [1.54, 1.807) is 0 Å². The zero-order valence-corrected chi connectivity index (χ0v) is 20.4. The van der Waals surface area contributed by atoms with E-state index in [4.69, 9.17) is 11.6 Å². The molecule has 1 unspecified atom stereocenters. The molecule has 0 radical (unpaired) electrons. The minimum Gasteiger partial charge on any atom is -0.372 e. The predicted molar refractivity (Wildman–Crippen MR) is 125 cm³/mol. The van der Waals surface area contributed by atoms with E-state index in [-0.39, 0.29) is 12.2 Å². The number of hydrogen-bond acceptors (Lipinski definition) is 4. The van der Waals surface area contributed by atoms with Crippen molar-refractivity contribution in [2.75, 3.05) is 28.6 Å². The van der Waals surface area contributed by atoms with Crippen LogP contribution in [-0.4, -0.2) is 39.7 Å². The Morgan fingerprint density at radius 3 is 2.09 bits per heavy atom. The average Bonchev–Trinajstić information content (AvgIpc) is 2.73. The van der Waals surface area contributed by atoms with E-state index in [2.05, 4.69) is 10.2 Å². The number of halogens is 4. The first-order chi connectivity index (χ1) is 15.3. The molecule has 0 spiro atoms. The minimum atomic E-state index is -4.78. The first kappa shape index (κ1) is 26.8. The van der Waals surface area contributed by atoms with Crippen LogP contribution >= 0.6 is 11.6 Å². The van der Waals surface area contributed by atoms with E-state index in [1.165, 1.54) is 6.92 Å². The van der Waals surface area contributed by atoms with Crippen molar-refractivity contribution in [2.45, 2.75) is 39.5 Å². The summed E-state index contributed by atoms with van der Waals surface area (Å²) in [6, 6.07) is 8.97. The number of sulfonamides is 1.